The maximum absolute atomic E-state index is 13.7. The van der Waals surface area contributed by atoms with Gasteiger partial charge in [-0.25, -0.2) is 0 Å². The zero-order chi connectivity index (χ0) is 25.4. The van der Waals surface area contributed by atoms with E-state index in [9.17, 15) is 14.4 Å². The van der Waals surface area contributed by atoms with Crippen LogP contribution in [-0.4, -0.2) is 37.2 Å². The van der Waals surface area contributed by atoms with E-state index in [0.29, 0.717) is 31.1 Å². The number of nitrogens with zero attached hydrogens (tertiary/aromatic N) is 1. The van der Waals surface area contributed by atoms with Gasteiger partial charge in [-0.05, 0) is 60.4 Å². The van der Waals surface area contributed by atoms with Crippen molar-refractivity contribution < 1.29 is 23.9 Å². The molecule has 2 aromatic rings. The molecule has 1 atom stereocenters. The molecule has 0 spiro atoms. The maximum atomic E-state index is 13.7. The van der Waals surface area contributed by atoms with Crippen LogP contribution in [0, 0.1) is 11.3 Å². The molecule has 1 aliphatic carbocycles. The third-order valence-corrected chi connectivity index (χ3v) is 6.70. The van der Waals surface area contributed by atoms with E-state index in [1.165, 1.54) is 6.08 Å². The minimum atomic E-state index is -0.694. The molecule has 0 radical (unpaired) electrons. The lowest BCUT2D eigenvalue weighted by Gasteiger charge is -2.36. The molecule has 2 aromatic carbocycles. The highest BCUT2D eigenvalue weighted by Gasteiger charge is 2.46. The number of carbonyl (C=O) groups is 3. The Labute approximate surface area is 210 Å². The number of rotatable bonds is 7. The van der Waals surface area contributed by atoms with Crippen molar-refractivity contribution >= 4 is 34.8 Å². The van der Waals surface area contributed by atoms with Gasteiger partial charge in [-0.2, -0.15) is 0 Å². The highest BCUT2D eigenvalue weighted by molar-refractivity contribution is 6.06. The lowest BCUT2D eigenvalue weighted by molar-refractivity contribution is -0.229. The number of benzene rings is 2. The fraction of sp³-hybridized carbons (Fsp3) is 0.393. The molecule has 2 N–H and O–H groups in total. The zero-order valence-electron chi connectivity index (χ0n) is 20.6. The second-order valence-electron chi connectivity index (χ2n) is 10.5. The molecule has 1 saturated carbocycles. The van der Waals surface area contributed by atoms with Gasteiger partial charge in [0.1, 0.15) is 5.92 Å². The number of hydrogen-bond acceptors (Lipinski definition) is 5. The highest BCUT2D eigenvalue weighted by Crippen LogP contribution is 2.44. The largest absolute Gasteiger partial charge is 0.351 e. The Morgan fingerprint density at radius 1 is 1.06 bits per heavy atom. The summed E-state index contributed by atoms with van der Waals surface area (Å²) in [5.41, 5.74) is 3.66. The molecule has 5 rings (SSSR count). The number of hydrogen-bond donors (Lipinski definition) is 2. The Hall–Kier alpha value is -3.49. The van der Waals surface area contributed by atoms with Gasteiger partial charge in [0.15, 0.2) is 6.29 Å². The van der Waals surface area contributed by atoms with E-state index in [0.717, 1.165) is 29.7 Å². The average Bonchev–Trinajstić information content (AvgIpc) is 3.67. The Kier molecular flexibility index (Phi) is 6.40. The Morgan fingerprint density at radius 3 is 2.36 bits per heavy atom. The smallest absolute Gasteiger partial charge is 0.247 e. The number of amides is 3. The predicted octanol–water partition coefficient (Wildman–Crippen LogP) is 4.19. The van der Waals surface area contributed by atoms with Crippen LogP contribution in [0.4, 0.5) is 17.1 Å². The van der Waals surface area contributed by atoms with E-state index in [4.69, 9.17) is 9.47 Å². The van der Waals surface area contributed by atoms with Crippen LogP contribution in [0.1, 0.15) is 43.7 Å². The van der Waals surface area contributed by atoms with Gasteiger partial charge in [-0.1, -0.05) is 32.6 Å². The number of ether oxygens (including phenoxy) is 2. The van der Waals surface area contributed by atoms with Crippen molar-refractivity contribution in [3.05, 3.63) is 66.2 Å². The molecule has 1 saturated heterocycles. The lowest BCUT2D eigenvalue weighted by atomic mass is 9.93. The number of fused-ring (bicyclic) bond motifs is 1. The Morgan fingerprint density at radius 2 is 1.72 bits per heavy atom. The molecule has 3 amide bonds. The molecule has 0 aromatic heterocycles. The van der Waals surface area contributed by atoms with Gasteiger partial charge >= 0.3 is 0 Å². The van der Waals surface area contributed by atoms with Gasteiger partial charge in [-0.3, -0.25) is 14.4 Å². The van der Waals surface area contributed by atoms with Gasteiger partial charge in [-0.15, -0.1) is 0 Å². The average molecular weight is 490 g/mol. The quantitative estimate of drug-likeness (QED) is 0.569. The van der Waals surface area contributed by atoms with Crippen LogP contribution < -0.4 is 15.5 Å². The molecular formula is C28H31N3O5. The van der Waals surface area contributed by atoms with Gasteiger partial charge in [0.25, 0.3) is 0 Å². The minimum Gasteiger partial charge on any atom is -0.351 e. The first-order valence-electron chi connectivity index (χ1n) is 12.3. The molecule has 8 heteroatoms. The molecule has 2 aliphatic heterocycles. The van der Waals surface area contributed by atoms with Crippen molar-refractivity contribution in [2.45, 2.75) is 45.4 Å². The summed E-state index contributed by atoms with van der Waals surface area (Å²) in [6.45, 7) is 8.92. The van der Waals surface area contributed by atoms with Crippen molar-refractivity contribution in [1.82, 2.24) is 0 Å². The van der Waals surface area contributed by atoms with Crippen LogP contribution in [0.25, 0.3) is 0 Å². The Bertz CT molecular complexity index is 1190. The summed E-state index contributed by atoms with van der Waals surface area (Å²) >= 11 is 0. The summed E-state index contributed by atoms with van der Waals surface area (Å²) < 4.78 is 12.1. The summed E-state index contributed by atoms with van der Waals surface area (Å²) in [6.07, 6.45) is 2.36. The van der Waals surface area contributed by atoms with Crippen molar-refractivity contribution in [3.63, 3.8) is 0 Å². The topological polar surface area (TPSA) is 97.0 Å². The summed E-state index contributed by atoms with van der Waals surface area (Å²) in [7, 11) is 0. The molecule has 188 valence electrons. The molecule has 1 unspecified atom stereocenters. The molecular weight excluding hydrogens is 458 g/mol. The predicted molar refractivity (Wildman–Crippen MR) is 136 cm³/mol. The Balaban J connectivity index is 1.41. The van der Waals surface area contributed by atoms with Crippen LogP contribution in [0.3, 0.4) is 0 Å². The van der Waals surface area contributed by atoms with E-state index < -0.39 is 12.2 Å². The SMILES string of the molecule is C=CC(=O)Nc1ccc(CN2C(=O)C(C3OCC(C)(C)CO3)c3cc(NC(=O)C4CC4)ccc32)cc1. The standard InChI is InChI=1S/C28H31N3O5/c1-4-23(32)29-19-9-5-17(6-10-19)14-31-22-12-11-20(30-25(33)18-7-8-18)13-21(22)24(26(31)34)27-35-15-28(2,3)16-36-27/h4-6,9-13,18,24,27H,1,7-8,14-16H2,2-3H3,(H,29,32)(H,30,33). The molecule has 2 fully saturated rings. The zero-order valence-corrected chi connectivity index (χ0v) is 20.6. The summed E-state index contributed by atoms with van der Waals surface area (Å²) in [6, 6.07) is 12.9. The fourth-order valence-corrected chi connectivity index (χ4v) is 4.53. The summed E-state index contributed by atoms with van der Waals surface area (Å²) in [5, 5.41) is 5.71. The monoisotopic (exact) mass is 489 g/mol. The first-order chi connectivity index (χ1) is 17.2. The molecule has 3 aliphatic rings. The van der Waals surface area contributed by atoms with Crippen LogP contribution in [0.15, 0.2) is 55.1 Å². The van der Waals surface area contributed by atoms with Crippen LogP contribution in [-0.2, 0) is 30.4 Å². The van der Waals surface area contributed by atoms with Gasteiger partial charge in [0, 0.05) is 28.4 Å². The number of anilines is 3. The summed E-state index contributed by atoms with van der Waals surface area (Å²) in [4.78, 5) is 39.4. The number of carbonyl (C=O) groups excluding carboxylic acids is 3. The van der Waals surface area contributed by atoms with Crippen molar-refractivity contribution in [1.29, 1.82) is 0 Å². The molecule has 36 heavy (non-hydrogen) atoms. The number of nitrogens with one attached hydrogen (secondary N) is 2. The normalized spacial score (nSPS) is 21.1. The minimum absolute atomic E-state index is 0.0169. The molecule has 0 bridgehead atoms. The van der Waals surface area contributed by atoms with E-state index in [1.807, 2.05) is 30.3 Å². The van der Waals surface area contributed by atoms with Crippen molar-refractivity contribution in [2.24, 2.45) is 11.3 Å². The second-order valence-corrected chi connectivity index (χ2v) is 10.5. The van der Waals surface area contributed by atoms with E-state index in [-0.39, 0.29) is 29.1 Å². The first kappa shape index (κ1) is 24.2. The van der Waals surface area contributed by atoms with Gasteiger partial charge in [0.2, 0.25) is 17.7 Å². The van der Waals surface area contributed by atoms with Crippen molar-refractivity contribution in [3.8, 4) is 0 Å². The third kappa shape index (κ3) is 5.05. The fourth-order valence-electron chi connectivity index (χ4n) is 4.53. The third-order valence-electron chi connectivity index (χ3n) is 6.70. The first-order valence-corrected chi connectivity index (χ1v) is 12.3. The lowest BCUT2D eigenvalue weighted by Crippen LogP contribution is -2.43. The highest BCUT2D eigenvalue weighted by atomic mass is 16.7. The van der Waals surface area contributed by atoms with E-state index >= 15 is 0 Å². The van der Waals surface area contributed by atoms with Crippen LogP contribution in [0.5, 0.6) is 0 Å². The van der Waals surface area contributed by atoms with Crippen LogP contribution in [0.2, 0.25) is 0 Å². The second kappa shape index (κ2) is 9.52. The van der Waals surface area contributed by atoms with E-state index in [2.05, 4.69) is 31.1 Å². The van der Waals surface area contributed by atoms with Gasteiger partial charge < -0.3 is 25.0 Å². The van der Waals surface area contributed by atoms with Gasteiger partial charge in [0.05, 0.1) is 19.8 Å². The summed E-state index contributed by atoms with van der Waals surface area (Å²) in [5.74, 6) is -0.916. The maximum Gasteiger partial charge on any atom is 0.247 e. The molecule has 8 nitrogen and oxygen atoms in total. The van der Waals surface area contributed by atoms with Crippen LogP contribution >= 0.6 is 0 Å². The van der Waals surface area contributed by atoms with E-state index in [1.54, 1.807) is 17.0 Å². The van der Waals surface area contributed by atoms with Crippen molar-refractivity contribution in [2.75, 3.05) is 28.7 Å². The molecule has 2 heterocycles.